The lowest BCUT2D eigenvalue weighted by Gasteiger charge is -2.17. The van der Waals surface area contributed by atoms with Gasteiger partial charge in [0.25, 0.3) is 5.91 Å². The van der Waals surface area contributed by atoms with Crippen molar-refractivity contribution in [1.82, 2.24) is 4.57 Å². The number of aryl methyl sites for hydroxylation is 1. The number of hydrogen-bond acceptors (Lipinski definition) is 2. The highest BCUT2D eigenvalue weighted by molar-refractivity contribution is 7.16. The van der Waals surface area contributed by atoms with Gasteiger partial charge in [-0.25, -0.2) is 0 Å². The minimum absolute atomic E-state index is 0.0258. The van der Waals surface area contributed by atoms with E-state index in [4.69, 9.17) is 11.6 Å². The molecular formula is C18H21ClN2OS. The molecule has 1 saturated carbocycles. The summed E-state index contributed by atoms with van der Waals surface area (Å²) in [7, 11) is 0. The summed E-state index contributed by atoms with van der Waals surface area (Å²) in [5.41, 5.74) is 2.08. The van der Waals surface area contributed by atoms with Crippen LogP contribution in [0.1, 0.15) is 37.7 Å². The number of fused-ring (bicyclic) bond motifs is 1. The summed E-state index contributed by atoms with van der Waals surface area (Å²) in [5, 5.41) is 0.735. The van der Waals surface area contributed by atoms with Gasteiger partial charge in [-0.05, 0) is 37.5 Å². The topological polar surface area (TPSA) is 34.4 Å². The molecule has 0 bridgehead atoms. The molecule has 1 aliphatic rings. The van der Waals surface area contributed by atoms with Gasteiger partial charge in [0.1, 0.15) is 0 Å². The third-order valence-corrected chi connectivity index (χ3v) is 5.95. The summed E-state index contributed by atoms with van der Waals surface area (Å²) in [6.45, 7) is 6.46. The molecule has 3 nitrogen and oxygen atoms in total. The standard InChI is InChI=1S/C18H21ClN2OS/c1-3-11-21-16-12(2)14(19)9-10-15(16)23-18(21)20-17(22)13-7-5-4-6-8-13/h3,9-10,13H,1,4-8,11H2,2H3. The molecule has 0 unspecified atom stereocenters. The van der Waals surface area contributed by atoms with E-state index in [2.05, 4.69) is 16.1 Å². The molecule has 2 aromatic rings. The normalized spacial score (nSPS) is 16.9. The smallest absolute Gasteiger partial charge is 0.251 e. The van der Waals surface area contributed by atoms with Crippen molar-refractivity contribution in [2.45, 2.75) is 45.6 Å². The lowest BCUT2D eigenvalue weighted by atomic mass is 9.89. The van der Waals surface area contributed by atoms with Crippen molar-refractivity contribution in [2.24, 2.45) is 10.9 Å². The van der Waals surface area contributed by atoms with Crippen LogP contribution in [0.5, 0.6) is 0 Å². The predicted molar refractivity (Wildman–Crippen MR) is 96.9 cm³/mol. The number of hydrogen-bond donors (Lipinski definition) is 0. The Morgan fingerprint density at radius 1 is 1.43 bits per heavy atom. The number of aromatic nitrogens is 1. The van der Waals surface area contributed by atoms with Crippen LogP contribution in [0.3, 0.4) is 0 Å². The second kappa shape index (κ2) is 7.02. The van der Waals surface area contributed by atoms with Crippen molar-refractivity contribution in [1.29, 1.82) is 0 Å². The average molecular weight is 349 g/mol. The van der Waals surface area contributed by atoms with Crippen LogP contribution in [0.2, 0.25) is 5.02 Å². The van der Waals surface area contributed by atoms with E-state index in [0.29, 0.717) is 6.54 Å². The third-order valence-electron chi connectivity index (χ3n) is 4.50. The van der Waals surface area contributed by atoms with E-state index in [1.807, 2.05) is 25.1 Å². The van der Waals surface area contributed by atoms with E-state index >= 15 is 0 Å². The second-order valence-electron chi connectivity index (χ2n) is 6.09. The molecule has 3 rings (SSSR count). The number of amides is 1. The highest BCUT2D eigenvalue weighted by Gasteiger charge is 2.21. The molecule has 0 radical (unpaired) electrons. The molecule has 0 aliphatic heterocycles. The zero-order valence-corrected chi connectivity index (χ0v) is 14.9. The van der Waals surface area contributed by atoms with Gasteiger partial charge < -0.3 is 4.57 Å². The van der Waals surface area contributed by atoms with Crippen molar-refractivity contribution in [2.75, 3.05) is 0 Å². The number of carbonyl (C=O) groups excluding carboxylic acids is 1. The Labute approximate surface area is 145 Å². The van der Waals surface area contributed by atoms with Gasteiger partial charge in [0, 0.05) is 17.5 Å². The molecule has 122 valence electrons. The fraction of sp³-hybridized carbons (Fsp3) is 0.444. The summed E-state index contributed by atoms with van der Waals surface area (Å²) >= 11 is 7.81. The largest absolute Gasteiger partial charge is 0.312 e. The molecule has 1 heterocycles. The Morgan fingerprint density at radius 3 is 2.87 bits per heavy atom. The number of nitrogens with zero attached hydrogens (tertiary/aromatic N) is 2. The Kier molecular flexibility index (Phi) is 5.02. The van der Waals surface area contributed by atoms with Gasteiger partial charge in [-0.1, -0.05) is 48.3 Å². The molecule has 23 heavy (non-hydrogen) atoms. The first-order chi connectivity index (χ1) is 11.1. The molecule has 0 atom stereocenters. The monoisotopic (exact) mass is 348 g/mol. The Morgan fingerprint density at radius 2 is 2.17 bits per heavy atom. The van der Waals surface area contributed by atoms with Crippen LogP contribution in [0.15, 0.2) is 29.8 Å². The molecule has 1 amide bonds. The van der Waals surface area contributed by atoms with Crippen LogP contribution >= 0.6 is 22.9 Å². The maximum atomic E-state index is 12.5. The van der Waals surface area contributed by atoms with Gasteiger partial charge >= 0.3 is 0 Å². The molecule has 1 aromatic heterocycles. The molecule has 0 N–H and O–H groups in total. The number of halogens is 1. The van der Waals surface area contributed by atoms with Gasteiger partial charge in [-0.2, -0.15) is 4.99 Å². The average Bonchev–Trinajstić information content (AvgIpc) is 2.90. The number of thiazole rings is 1. The Balaban J connectivity index is 2.10. The second-order valence-corrected chi connectivity index (χ2v) is 7.50. The molecular weight excluding hydrogens is 328 g/mol. The number of carbonyl (C=O) groups is 1. The van der Waals surface area contributed by atoms with Crippen LogP contribution in [-0.4, -0.2) is 10.5 Å². The van der Waals surface area contributed by atoms with E-state index in [-0.39, 0.29) is 11.8 Å². The van der Waals surface area contributed by atoms with Crippen LogP contribution in [0, 0.1) is 12.8 Å². The van der Waals surface area contributed by atoms with Crippen LogP contribution in [0.25, 0.3) is 10.2 Å². The maximum absolute atomic E-state index is 12.5. The number of rotatable bonds is 3. The van der Waals surface area contributed by atoms with Gasteiger partial charge in [-0.15, -0.1) is 6.58 Å². The van der Waals surface area contributed by atoms with Crippen molar-refractivity contribution in [3.8, 4) is 0 Å². The summed E-state index contributed by atoms with van der Waals surface area (Å²) < 4.78 is 3.15. The zero-order chi connectivity index (χ0) is 16.4. The number of allylic oxidation sites excluding steroid dienone is 1. The van der Waals surface area contributed by atoms with Crippen molar-refractivity contribution in [3.05, 3.63) is 40.2 Å². The first-order valence-corrected chi connectivity index (χ1v) is 9.29. The zero-order valence-electron chi connectivity index (χ0n) is 13.3. The van der Waals surface area contributed by atoms with Crippen molar-refractivity contribution < 1.29 is 4.79 Å². The summed E-state index contributed by atoms with van der Waals surface area (Å²) in [4.78, 5) is 17.7. The molecule has 0 spiro atoms. The van der Waals surface area contributed by atoms with Gasteiger partial charge in [0.15, 0.2) is 4.80 Å². The molecule has 1 aliphatic carbocycles. The minimum Gasteiger partial charge on any atom is -0.312 e. The van der Waals surface area contributed by atoms with E-state index in [1.165, 1.54) is 6.42 Å². The SMILES string of the molecule is C=CCn1c(=NC(=O)C2CCCCC2)sc2ccc(Cl)c(C)c21. The van der Waals surface area contributed by atoms with E-state index in [0.717, 1.165) is 51.3 Å². The van der Waals surface area contributed by atoms with Crippen LogP contribution in [-0.2, 0) is 11.3 Å². The highest BCUT2D eigenvalue weighted by Crippen LogP contribution is 2.28. The van der Waals surface area contributed by atoms with Crippen LogP contribution < -0.4 is 4.80 Å². The van der Waals surface area contributed by atoms with Gasteiger partial charge in [0.2, 0.25) is 0 Å². The summed E-state index contributed by atoms with van der Waals surface area (Å²) in [6.07, 6.45) is 7.29. The fourth-order valence-electron chi connectivity index (χ4n) is 3.23. The van der Waals surface area contributed by atoms with E-state index in [9.17, 15) is 4.79 Å². The Bertz CT molecular complexity index is 812. The van der Waals surface area contributed by atoms with E-state index < -0.39 is 0 Å². The third kappa shape index (κ3) is 3.29. The first kappa shape index (κ1) is 16.5. The van der Waals surface area contributed by atoms with Gasteiger partial charge in [0.05, 0.1) is 10.2 Å². The summed E-state index contributed by atoms with van der Waals surface area (Å²) in [5.74, 6) is 0.119. The minimum atomic E-state index is 0.0258. The first-order valence-electron chi connectivity index (χ1n) is 8.09. The van der Waals surface area contributed by atoms with E-state index in [1.54, 1.807) is 11.3 Å². The molecule has 5 heteroatoms. The predicted octanol–water partition coefficient (Wildman–Crippen LogP) is 4.86. The fourth-order valence-corrected chi connectivity index (χ4v) is 4.49. The lowest BCUT2D eigenvalue weighted by molar-refractivity contribution is -0.122. The lowest BCUT2D eigenvalue weighted by Crippen LogP contribution is -2.21. The van der Waals surface area contributed by atoms with Crippen LogP contribution in [0.4, 0.5) is 0 Å². The molecule has 1 fully saturated rings. The Hall–Kier alpha value is -1.39. The quantitative estimate of drug-likeness (QED) is 0.729. The number of benzene rings is 1. The molecule has 1 aromatic carbocycles. The van der Waals surface area contributed by atoms with Gasteiger partial charge in [-0.3, -0.25) is 4.79 Å². The highest BCUT2D eigenvalue weighted by atomic mass is 35.5. The van der Waals surface area contributed by atoms with Crippen molar-refractivity contribution >= 4 is 39.1 Å². The maximum Gasteiger partial charge on any atom is 0.251 e. The summed E-state index contributed by atoms with van der Waals surface area (Å²) in [6, 6.07) is 3.90. The molecule has 0 saturated heterocycles. The van der Waals surface area contributed by atoms with Crippen molar-refractivity contribution in [3.63, 3.8) is 0 Å².